The van der Waals surface area contributed by atoms with E-state index >= 15 is 0 Å². The van der Waals surface area contributed by atoms with E-state index in [1.54, 1.807) is 12.4 Å². The lowest BCUT2D eigenvalue weighted by atomic mass is 10.1. The average Bonchev–Trinajstić information content (AvgIpc) is 2.18. The van der Waals surface area contributed by atoms with E-state index in [-0.39, 0.29) is 6.10 Å². The van der Waals surface area contributed by atoms with Gasteiger partial charge >= 0.3 is 0 Å². The Bertz CT molecular complexity index is 249. The van der Waals surface area contributed by atoms with Gasteiger partial charge in [0.2, 0.25) is 0 Å². The maximum absolute atomic E-state index is 9.71. The van der Waals surface area contributed by atoms with E-state index in [0.717, 1.165) is 5.56 Å². The average molecular weight is 195 g/mol. The first-order chi connectivity index (χ1) is 6.70. The summed E-state index contributed by atoms with van der Waals surface area (Å²) in [6, 6.07) is 3.69. The van der Waals surface area contributed by atoms with Gasteiger partial charge in [0.05, 0.1) is 12.2 Å². The number of hydrogen-bond donors (Lipinski definition) is 1. The molecule has 0 aliphatic carbocycles. The molecule has 1 unspecified atom stereocenters. The SMILES string of the molecule is CC(C)OCCC(O)c1cccnc1. The van der Waals surface area contributed by atoms with Crippen molar-refractivity contribution in [3.8, 4) is 0 Å². The molecule has 0 amide bonds. The Morgan fingerprint density at radius 3 is 2.86 bits per heavy atom. The first-order valence-electron chi connectivity index (χ1n) is 4.89. The first kappa shape index (κ1) is 11.1. The molecule has 3 nitrogen and oxygen atoms in total. The maximum atomic E-state index is 9.71. The van der Waals surface area contributed by atoms with Crippen molar-refractivity contribution < 1.29 is 9.84 Å². The molecule has 1 heterocycles. The summed E-state index contributed by atoms with van der Waals surface area (Å²) in [6.45, 7) is 4.54. The molecule has 0 saturated carbocycles. The molecule has 1 rings (SSSR count). The van der Waals surface area contributed by atoms with Gasteiger partial charge in [-0.3, -0.25) is 4.98 Å². The third-order valence-corrected chi connectivity index (χ3v) is 1.91. The van der Waals surface area contributed by atoms with Crippen LogP contribution in [-0.2, 0) is 4.74 Å². The second-order valence-corrected chi connectivity index (χ2v) is 3.51. The van der Waals surface area contributed by atoms with Gasteiger partial charge in [0, 0.05) is 25.4 Å². The van der Waals surface area contributed by atoms with Crippen LogP contribution in [-0.4, -0.2) is 22.8 Å². The molecular weight excluding hydrogens is 178 g/mol. The molecule has 3 heteroatoms. The Hall–Kier alpha value is -0.930. The van der Waals surface area contributed by atoms with Gasteiger partial charge in [0.15, 0.2) is 0 Å². The van der Waals surface area contributed by atoms with Crippen molar-refractivity contribution in [2.45, 2.75) is 32.5 Å². The molecule has 0 aliphatic rings. The van der Waals surface area contributed by atoms with Gasteiger partial charge in [0.25, 0.3) is 0 Å². The molecule has 0 saturated heterocycles. The second kappa shape index (κ2) is 5.73. The van der Waals surface area contributed by atoms with Crippen LogP contribution in [0.3, 0.4) is 0 Å². The highest BCUT2D eigenvalue weighted by molar-refractivity contribution is 5.11. The zero-order valence-electron chi connectivity index (χ0n) is 8.68. The summed E-state index contributed by atoms with van der Waals surface area (Å²) in [6.07, 6.45) is 3.74. The normalized spacial score (nSPS) is 13.1. The molecule has 1 aromatic rings. The van der Waals surface area contributed by atoms with Crippen LogP contribution >= 0.6 is 0 Å². The van der Waals surface area contributed by atoms with Crippen molar-refractivity contribution >= 4 is 0 Å². The van der Waals surface area contributed by atoms with E-state index in [4.69, 9.17) is 4.74 Å². The summed E-state index contributed by atoms with van der Waals surface area (Å²) in [4.78, 5) is 3.95. The van der Waals surface area contributed by atoms with Crippen molar-refractivity contribution in [2.24, 2.45) is 0 Å². The highest BCUT2D eigenvalue weighted by Crippen LogP contribution is 2.14. The molecule has 1 aromatic heterocycles. The van der Waals surface area contributed by atoms with Crippen LogP contribution in [0.5, 0.6) is 0 Å². The fourth-order valence-electron chi connectivity index (χ4n) is 1.16. The molecule has 1 atom stereocenters. The Labute approximate surface area is 84.7 Å². The fourth-order valence-corrected chi connectivity index (χ4v) is 1.16. The maximum Gasteiger partial charge on any atom is 0.0826 e. The zero-order chi connectivity index (χ0) is 10.4. The molecule has 0 bridgehead atoms. The van der Waals surface area contributed by atoms with Gasteiger partial charge in [0.1, 0.15) is 0 Å². The van der Waals surface area contributed by atoms with Crippen molar-refractivity contribution in [3.05, 3.63) is 30.1 Å². The minimum Gasteiger partial charge on any atom is -0.388 e. The Kier molecular flexibility index (Phi) is 4.56. The number of pyridine rings is 1. The topological polar surface area (TPSA) is 42.4 Å². The summed E-state index contributed by atoms with van der Waals surface area (Å²) in [5, 5.41) is 9.71. The van der Waals surface area contributed by atoms with E-state index in [1.165, 1.54) is 0 Å². The predicted octanol–water partition coefficient (Wildman–Crippen LogP) is 1.93. The highest BCUT2D eigenvalue weighted by atomic mass is 16.5. The van der Waals surface area contributed by atoms with Crippen molar-refractivity contribution in [3.63, 3.8) is 0 Å². The van der Waals surface area contributed by atoms with Crippen LogP contribution in [0.2, 0.25) is 0 Å². The summed E-state index contributed by atoms with van der Waals surface area (Å²) in [5.41, 5.74) is 0.847. The van der Waals surface area contributed by atoms with Gasteiger partial charge in [-0.1, -0.05) is 6.07 Å². The molecule has 0 aliphatic heterocycles. The quantitative estimate of drug-likeness (QED) is 0.780. The molecule has 78 valence electrons. The minimum atomic E-state index is -0.470. The summed E-state index contributed by atoms with van der Waals surface area (Å²) < 4.78 is 5.35. The predicted molar refractivity (Wildman–Crippen MR) is 54.9 cm³/mol. The third kappa shape index (κ3) is 3.85. The van der Waals surface area contributed by atoms with Crippen LogP contribution in [0.1, 0.15) is 31.9 Å². The van der Waals surface area contributed by atoms with Gasteiger partial charge in [-0.2, -0.15) is 0 Å². The van der Waals surface area contributed by atoms with Gasteiger partial charge in [-0.15, -0.1) is 0 Å². The molecule has 0 radical (unpaired) electrons. The van der Waals surface area contributed by atoms with Crippen molar-refractivity contribution in [1.29, 1.82) is 0 Å². The lowest BCUT2D eigenvalue weighted by Crippen LogP contribution is -2.08. The van der Waals surface area contributed by atoms with Gasteiger partial charge in [-0.05, 0) is 25.5 Å². The molecule has 14 heavy (non-hydrogen) atoms. The van der Waals surface area contributed by atoms with Gasteiger partial charge < -0.3 is 9.84 Å². The number of nitrogens with zero attached hydrogens (tertiary/aromatic N) is 1. The molecule has 0 spiro atoms. The minimum absolute atomic E-state index is 0.219. The highest BCUT2D eigenvalue weighted by Gasteiger charge is 2.07. The largest absolute Gasteiger partial charge is 0.388 e. The van der Waals surface area contributed by atoms with E-state index in [9.17, 15) is 5.11 Å². The Morgan fingerprint density at radius 2 is 2.29 bits per heavy atom. The van der Waals surface area contributed by atoms with E-state index in [0.29, 0.717) is 13.0 Å². The lowest BCUT2D eigenvalue weighted by molar-refractivity contribution is 0.0465. The number of aromatic nitrogens is 1. The molecular formula is C11H17NO2. The Balaban J connectivity index is 2.32. The van der Waals surface area contributed by atoms with E-state index < -0.39 is 6.10 Å². The third-order valence-electron chi connectivity index (χ3n) is 1.91. The van der Waals surface area contributed by atoms with E-state index in [1.807, 2.05) is 26.0 Å². The van der Waals surface area contributed by atoms with Crippen molar-refractivity contribution in [1.82, 2.24) is 4.98 Å². The fraction of sp³-hybridized carbons (Fsp3) is 0.545. The van der Waals surface area contributed by atoms with Crippen molar-refractivity contribution in [2.75, 3.05) is 6.61 Å². The van der Waals surface area contributed by atoms with Crippen LogP contribution in [0.15, 0.2) is 24.5 Å². The number of aliphatic hydroxyl groups excluding tert-OH is 1. The summed E-state index contributed by atoms with van der Waals surface area (Å²) >= 11 is 0. The lowest BCUT2D eigenvalue weighted by Gasteiger charge is -2.12. The monoisotopic (exact) mass is 195 g/mol. The summed E-state index contributed by atoms with van der Waals surface area (Å²) in [5.74, 6) is 0. The number of hydrogen-bond acceptors (Lipinski definition) is 3. The second-order valence-electron chi connectivity index (χ2n) is 3.51. The number of rotatable bonds is 5. The molecule has 1 N–H and O–H groups in total. The zero-order valence-corrected chi connectivity index (χ0v) is 8.68. The standard InChI is InChI=1S/C11H17NO2/c1-9(2)14-7-5-11(13)10-4-3-6-12-8-10/h3-4,6,8-9,11,13H,5,7H2,1-2H3. The Morgan fingerprint density at radius 1 is 1.50 bits per heavy atom. The van der Waals surface area contributed by atoms with Crippen LogP contribution in [0, 0.1) is 0 Å². The summed E-state index contributed by atoms with van der Waals surface area (Å²) in [7, 11) is 0. The van der Waals surface area contributed by atoms with Crippen LogP contribution in [0.4, 0.5) is 0 Å². The van der Waals surface area contributed by atoms with Gasteiger partial charge in [-0.25, -0.2) is 0 Å². The van der Waals surface area contributed by atoms with Crippen LogP contribution in [0.25, 0.3) is 0 Å². The number of aliphatic hydroxyl groups is 1. The smallest absolute Gasteiger partial charge is 0.0826 e. The molecule has 0 aromatic carbocycles. The van der Waals surface area contributed by atoms with E-state index in [2.05, 4.69) is 4.98 Å². The van der Waals surface area contributed by atoms with Crippen LogP contribution < -0.4 is 0 Å². The first-order valence-corrected chi connectivity index (χ1v) is 4.89. The number of ether oxygens (including phenoxy) is 1. The molecule has 0 fully saturated rings.